The number of urea groups is 1. The minimum absolute atomic E-state index is 0.0572. The summed E-state index contributed by atoms with van der Waals surface area (Å²) < 4.78 is 0. The van der Waals surface area contributed by atoms with Crippen LogP contribution in [0.5, 0.6) is 0 Å². The van der Waals surface area contributed by atoms with E-state index in [1.165, 1.54) is 6.42 Å². The van der Waals surface area contributed by atoms with Gasteiger partial charge < -0.3 is 10.6 Å². The molecule has 4 amide bonds. The fourth-order valence-electron chi connectivity index (χ4n) is 2.94. The lowest BCUT2D eigenvalue weighted by atomic mass is 9.96. The first-order valence-electron chi connectivity index (χ1n) is 9.21. The summed E-state index contributed by atoms with van der Waals surface area (Å²) in [6.45, 7) is 3.95. The van der Waals surface area contributed by atoms with Crippen LogP contribution in [0.1, 0.15) is 62.7 Å². The van der Waals surface area contributed by atoms with Crippen molar-refractivity contribution in [2.45, 2.75) is 58.4 Å². The van der Waals surface area contributed by atoms with Crippen molar-refractivity contribution in [2.75, 3.05) is 5.32 Å². The van der Waals surface area contributed by atoms with Gasteiger partial charge in [-0.25, -0.2) is 10.2 Å². The van der Waals surface area contributed by atoms with Gasteiger partial charge in [-0.3, -0.25) is 15.0 Å². The second-order valence-electron chi connectivity index (χ2n) is 7.11. The van der Waals surface area contributed by atoms with Crippen LogP contribution in [-0.4, -0.2) is 23.9 Å². The molecule has 0 spiro atoms. The predicted molar refractivity (Wildman–Crippen MR) is 101 cm³/mol. The third kappa shape index (κ3) is 6.74. The molecule has 4 N–H and O–H groups in total. The Morgan fingerprint density at radius 2 is 1.65 bits per heavy atom. The third-order valence-corrected chi connectivity index (χ3v) is 4.25. The molecule has 1 fully saturated rings. The van der Waals surface area contributed by atoms with Crippen LogP contribution in [0, 0.1) is 5.92 Å². The topological polar surface area (TPSA) is 99.3 Å². The monoisotopic (exact) mass is 360 g/mol. The van der Waals surface area contributed by atoms with Crippen molar-refractivity contribution in [3.63, 3.8) is 0 Å². The highest BCUT2D eigenvalue weighted by atomic mass is 16.2. The summed E-state index contributed by atoms with van der Waals surface area (Å²) in [6, 6.07) is 6.30. The second-order valence-corrected chi connectivity index (χ2v) is 7.11. The zero-order valence-corrected chi connectivity index (χ0v) is 15.4. The fourth-order valence-corrected chi connectivity index (χ4v) is 2.94. The lowest BCUT2D eigenvalue weighted by molar-refractivity contribution is -0.116. The van der Waals surface area contributed by atoms with Crippen molar-refractivity contribution in [3.05, 3.63) is 29.8 Å². The molecule has 0 radical (unpaired) electrons. The fraction of sp³-hybridized carbons (Fsp3) is 0.526. The zero-order valence-electron chi connectivity index (χ0n) is 15.4. The van der Waals surface area contributed by atoms with Gasteiger partial charge in [0.05, 0.1) is 0 Å². The maximum Gasteiger partial charge on any atom is 0.333 e. The summed E-state index contributed by atoms with van der Waals surface area (Å²) in [7, 11) is 0. The Labute approximate surface area is 154 Å². The molecule has 1 aliphatic carbocycles. The molecule has 0 aromatic heterocycles. The number of rotatable bonds is 5. The van der Waals surface area contributed by atoms with Crippen molar-refractivity contribution in [2.24, 2.45) is 5.92 Å². The van der Waals surface area contributed by atoms with E-state index in [1.807, 2.05) is 13.8 Å². The maximum atomic E-state index is 12.1. The summed E-state index contributed by atoms with van der Waals surface area (Å²) in [5.41, 5.74) is 5.79. The highest BCUT2D eigenvalue weighted by Crippen LogP contribution is 2.17. The van der Waals surface area contributed by atoms with Gasteiger partial charge in [-0.15, -0.1) is 0 Å². The van der Waals surface area contributed by atoms with E-state index in [4.69, 9.17) is 0 Å². The summed E-state index contributed by atoms with van der Waals surface area (Å²) in [5.74, 6) is -0.187. The van der Waals surface area contributed by atoms with Crippen LogP contribution in [0.15, 0.2) is 24.3 Å². The van der Waals surface area contributed by atoms with E-state index in [0.717, 1.165) is 25.7 Å². The van der Waals surface area contributed by atoms with Gasteiger partial charge in [0.15, 0.2) is 0 Å². The molecule has 142 valence electrons. The molecular weight excluding hydrogens is 332 g/mol. The molecule has 1 saturated carbocycles. The second kappa shape index (κ2) is 9.79. The summed E-state index contributed by atoms with van der Waals surface area (Å²) in [5, 5.41) is 5.64. The number of hydrogen-bond acceptors (Lipinski definition) is 3. The number of anilines is 1. The van der Waals surface area contributed by atoms with E-state index in [1.54, 1.807) is 24.3 Å². The van der Waals surface area contributed by atoms with Gasteiger partial charge in [0.1, 0.15) is 0 Å². The molecule has 2 rings (SSSR count). The molecule has 7 nitrogen and oxygen atoms in total. The molecule has 1 aromatic carbocycles. The van der Waals surface area contributed by atoms with Crippen molar-refractivity contribution in [3.8, 4) is 0 Å². The molecular formula is C19H28N4O3. The van der Waals surface area contributed by atoms with Gasteiger partial charge in [-0.1, -0.05) is 33.1 Å². The smallest absolute Gasteiger partial charge is 0.333 e. The Bertz CT molecular complexity index is 622. The quantitative estimate of drug-likeness (QED) is 0.608. The predicted octanol–water partition coefficient (Wildman–Crippen LogP) is 2.95. The Morgan fingerprint density at radius 1 is 1.00 bits per heavy atom. The molecule has 0 saturated heterocycles. The first kappa shape index (κ1) is 19.8. The minimum Gasteiger partial charge on any atom is -0.334 e. The number of hydrogen-bond donors (Lipinski definition) is 4. The normalized spacial score (nSPS) is 14.6. The van der Waals surface area contributed by atoms with Crippen LogP contribution < -0.4 is 21.5 Å². The van der Waals surface area contributed by atoms with Crippen molar-refractivity contribution in [1.29, 1.82) is 0 Å². The lowest BCUT2D eigenvalue weighted by Crippen LogP contribution is -2.50. The summed E-state index contributed by atoms with van der Waals surface area (Å²) >= 11 is 0. The Kier molecular flexibility index (Phi) is 7.44. The van der Waals surface area contributed by atoms with E-state index in [-0.39, 0.29) is 17.9 Å². The van der Waals surface area contributed by atoms with E-state index in [9.17, 15) is 14.4 Å². The van der Waals surface area contributed by atoms with Crippen LogP contribution in [0.2, 0.25) is 0 Å². The van der Waals surface area contributed by atoms with Gasteiger partial charge in [-0.2, -0.15) is 0 Å². The van der Waals surface area contributed by atoms with Crippen LogP contribution >= 0.6 is 0 Å². The average molecular weight is 360 g/mol. The molecule has 0 aliphatic heterocycles. The number of carbonyl (C=O) groups excluding carboxylic acids is 3. The van der Waals surface area contributed by atoms with Crippen molar-refractivity contribution in [1.82, 2.24) is 16.2 Å². The molecule has 1 aromatic rings. The first-order chi connectivity index (χ1) is 12.4. The van der Waals surface area contributed by atoms with Gasteiger partial charge in [-0.05, 0) is 43.0 Å². The molecule has 0 atom stereocenters. The van der Waals surface area contributed by atoms with E-state index in [2.05, 4.69) is 21.5 Å². The number of benzene rings is 1. The van der Waals surface area contributed by atoms with E-state index >= 15 is 0 Å². The minimum atomic E-state index is -0.413. The number of amides is 4. The van der Waals surface area contributed by atoms with Gasteiger partial charge >= 0.3 is 6.03 Å². The zero-order chi connectivity index (χ0) is 18.9. The van der Waals surface area contributed by atoms with Gasteiger partial charge in [0.25, 0.3) is 5.91 Å². The summed E-state index contributed by atoms with van der Waals surface area (Å²) in [6.07, 6.45) is 5.86. The highest BCUT2D eigenvalue weighted by molar-refractivity contribution is 5.96. The number of nitrogens with one attached hydrogen (secondary N) is 4. The largest absolute Gasteiger partial charge is 0.334 e. The molecule has 7 heteroatoms. The van der Waals surface area contributed by atoms with Gasteiger partial charge in [0.2, 0.25) is 5.91 Å². The molecule has 26 heavy (non-hydrogen) atoms. The SMILES string of the molecule is CC(C)CC(=O)Nc1ccc(C(=O)NNC(=O)NC2CCCCC2)cc1. The average Bonchev–Trinajstić information content (AvgIpc) is 2.60. The van der Waals surface area contributed by atoms with Crippen LogP contribution in [-0.2, 0) is 4.79 Å². The number of hydrazine groups is 1. The Hall–Kier alpha value is -2.57. The summed E-state index contributed by atoms with van der Waals surface area (Å²) in [4.78, 5) is 35.6. The van der Waals surface area contributed by atoms with Gasteiger partial charge in [0, 0.05) is 23.7 Å². The Balaban J connectivity index is 1.76. The molecule has 1 aliphatic rings. The lowest BCUT2D eigenvalue weighted by Gasteiger charge is -2.22. The third-order valence-electron chi connectivity index (χ3n) is 4.25. The first-order valence-corrected chi connectivity index (χ1v) is 9.21. The van der Waals surface area contributed by atoms with Crippen LogP contribution in [0.4, 0.5) is 10.5 Å². The number of carbonyl (C=O) groups is 3. The maximum absolute atomic E-state index is 12.1. The molecule has 0 bridgehead atoms. The van der Waals surface area contributed by atoms with Crippen LogP contribution in [0.25, 0.3) is 0 Å². The van der Waals surface area contributed by atoms with Crippen molar-refractivity contribution < 1.29 is 14.4 Å². The van der Waals surface area contributed by atoms with E-state index in [0.29, 0.717) is 17.7 Å². The highest BCUT2D eigenvalue weighted by Gasteiger charge is 2.16. The van der Waals surface area contributed by atoms with Crippen molar-refractivity contribution >= 4 is 23.5 Å². The van der Waals surface area contributed by atoms with E-state index < -0.39 is 11.9 Å². The standard InChI is InChI=1S/C19H28N4O3/c1-13(2)12-17(24)20-16-10-8-14(9-11-16)18(25)22-23-19(26)21-15-6-4-3-5-7-15/h8-11,13,15H,3-7,12H2,1-2H3,(H,20,24)(H,22,25)(H2,21,23,26). The van der Waals surface area contributed by atoms with Crippen LogP contribution in [0.3, 0.4) is 0 Å². The molecule has 0 unspecified atom stereocenters. The Morgan fingerprint density at radius 3 is 2.27 bits per heavy atom. The molecule has 0 heterocycles.